The van der Waals surface area contributed by atoms with Crippen molar-refractivity contribution in [1.82, 2.24) is 10.6 Å². The van der Waals surface area contributed by atoms with Crippen LogP contribution in [0.2, 0.25) is 0 Å². The number of hydrogen-bond acceptors (Lipinski definition) is 3. The zero-order chi connectivity index (χ0) is 13.8. The van der Waals surface area contributed by atoms with Gasteiger partial charge >= 0.3 is 12.0 Å². The van der Waals surface area contributed by atoms with Crippen molar-refractivity contribution < 1.29 is 19.4 Å². The summed E-state index contributed by atoms with van der Waals surface area (Å²) in [6, 6.07) is -0.345. The molecule has 0 saturated heterocycles. The molecule has 6 nitrogen and oxygen atoms in total. The van der Waals surface area contributed by atoms with Crippen molar-refractivity contribution in [2.45, 2.75) is 32.3 Å². The Morgan fingerprint density at radius 2 is 2.17 bits per heavy atom. The second-order valence-corrected chi connectivity index (χ2v) is 3.62. The molecule has 0 saturated carbocycles. The van der Waals surface area contributed by atoms with Crippen LogP contribution in [0.3, 0.4) is 0 Å². The van der Waals surface area contributed by atoms with Crippen molar-refractivity contribution in [3.63, 3.8) is 0 Å². The van der Waals surface area contributed by atoms with Crippen molar-refractivity contribution >= 4 is 12.0 Å². The fraction of sp³-hybridized carbons (Fsp3) is 0.667. The maximum atomic E-state index is 11.3. The molecule has 3 N–H and O–H groups in total. The van der Waals surface area contributed by atoms with E-state index < -0.39 is 12.1 Å². The van der Waals surface area contributed by atoms with Crippen LogP contribution in [-0.4, -0.2) is 42.9 Å². The number of aliphatic carboxylic acids is 1. The molecule has 0 bridgehead atoms. The monoisotopic (exact) mass is 256 g/mol. The van der Waals surface area contributed by atoms with Crippen LogP contribution in [0.15, 0.2) is 0 Å². The Morgan fingerprint density at radius 3 is 2.72 bits per heavy atom. The van der Waals surface area contributed by atoms with Crippen LogP contribution in [0.1, 0.15) is 26.2 Å². The van der Waals surface area contributed by atoms with Gasteiger partial charge in [-0.1, -0.05) is 0 Å². The molecule has 1 atom stereocenters. The largest absolute Gasteiger partial charge is 0.481 e. The Balaban J connectivity index is 3.78. The normalized spacial score (nSPS) is 11.3. The molecule has 0 aromatic carbocycles. The zero-order valence-electron chi connectivity index (χ0n) is 10.6. The second kappa shape index (κ2) is 10.4. The molecule has 0 radical (unpaired) electrons. The van der Waals surface area contributed by atoms with Crippen LogP contribution in [0.4, 0.5) is 4.79 Å². The van der Waals surface area contributed by atoms with Crippen LogP contribution in [0.25, 0.3) is 0 Å². The van der Waals surface area contributed by atoms with Crippen molar-refractivity contribution in [2.75, 3.05) is 19.7 Å². The number of rotatable bonds is 9. The summed E-state index contributed by atoms with van der Waals surface area (Å²) in [5.74, 6) is 1.52. The first kappa shape index (κ1) is 16.3. The number of unbranched alkanes of at least 4 members (excludes halogenated alkanes) is 1. The van der Waals surface area contributed by atoms with Crippen molar-refractivity contribution in [3.8, 4) is 12.3 Å². The number of terminal acetylenes is 1. The van der Waals surface area contributed by atoms with Crippen molar-refractivity contribution in [3.05, 3.63) is 0 Å². The van der Waals surface area contributed by atoms with Crippen LogP contribution in [0, 0.1) is 12.3 Å². The molecule has 0 spiro atoms. The van der Waals surface area contributed by atoms with Gasteiger partial charge in [-0.15, -0.1) is 12.3 Å². The van der Waals surface area contributed by atoms with Gasteiger partial charge in [0.15, 0.2) is 0 Å². The molecule has 6 heteroatoms. The standard InChI is InChI=1S/C12H20N2O4/c1-3-5-6-7-13-12(17)14-9-10(18-4-2)8-11(15)16/h1,10H,4-9H2,2H3,(H,15,16)(H2,13,14,17). The molecule has 18 heavy (non-hydrogen) atoms. The summed E-state index contributed by atoms with van der Waals surface area (Å²) in [5.41, 5.74) is 0. The Bertz CT molecular complexity index is 299. The second-order valence-electron chi connectivity index (χ2n) is 3.62. The molecule has 1 unspecified atom stereocenters. The quantitative estimate of drug-likeness (QED) is 0.416. The maximum Gasteiger partial charge on any atom is 0.314 e. The van der Waals surface area contributed by atoms with Gasteiger partial charge in [-0.25, -0.2) is 4.79 Å². The minimum Gasteiger partial charge on any atom is -0.481 e. The molecule has 0 aromatic heterocycles. The zero-order valence-corrected chi connectivity index (χ0v) is 10.6. The van der Waals surface area contributed by atoms with E-state index in [-0.39, 0.29) is 19.0 Å². The van der Waals surface area contributed by atoms with Gasteiger partial charge in [-0.3, -0.25) is 4.79 Å². The highest BCUT2D eigenvalue weighted by molar-refractivity contribution is 5.74. The summed E-state index contributed by atoms with van der Waals surface area (Å²) in [5, 5.41) is 13.8. The van der Waals surface area contributed by atoms with Gasteiger partial charge in [0.1, 0.15) is 0 Å². The average molecular weight is 256 g/mol. The molecule has 0 heterocycles. The lowest BCUT2D eigenvalue weighted by Crippen LogP contribution is -2.41. The number of urea groups is 1. The summed E-state index contributed by atoms with van der Waals surface area (Å²) in [6.07, 6.45) is 5.76. The molecular weight excluding hydrogens is 236 g/mol. The number of carboxylic acid groups (broad SMARTS) is 1. The Kier molecular flexibility index (Phi) is 9.41. The minimum absolute atomic E-state index is 0.134. The van der Waals surface area contributed by atoms with Gasteiger partial charge in [0, 0.05) is 26.1 Å². The molecule has 102 valence electrons. The van der Waals surface area contributed by atoms with E-state index in [9.17, 15) is 9.59 Å². The summed E-state index contributed by atoms with van der Waals surface area (Å²) < 4.78 is 5.20. The van der Waals surface area contributed by atoms with Crippen LogP contribution in [0.5, 0.6) is 0 Å². The molecule has 2 amide bonds. The van der Waals surface area contributed by atoms with E-state index in [1.807, 2.05) is 0 Å². The Labute approximate surface area is 107 Å². The molecule has 0 rings (SSSR count). The average Bonchev–Trinajstić information content (AvgIpc) is 2.31. The van der Waals surface area contributed by atoms with E-state index in [0.29, 0.717) is 26.0 Å². The number of carbonyl (C=O) groups excluding carboxylic acids is 1. The number of ether oxygens (including phenoxy) is 1. The summed E-state index contributed by atoms with van der Waals surface area (Å²) in [4.78, 5) is 21.9. The SMILES string of the molecule is C#CCCCNC(=O)NCC(CC(=O)O)OCC. The lowest BCUT2D eigenvalue weighted by molar-refractivity contribution is -0.140. The van der Waals surface area contributed by atoms with Gasteiger partial charge < -0.3 is 20.5 Å². The van der Waals surface area contributed by atoms with Crippen LogP contribution < -0.4 is 10.6 Å². The molecule has 0 aliphatic rings. The van der Waals surface area contributed by atoms with E-state index in [4.69, 9.17) is 16.3 Å². The number of amides is 2. The predicted molar refractivity (Wildman–Crippen MR) is 67.1 cm³/mol. The smallest absolute Gasteiger partial charge is 0.314 e. The Hall–Kier alpha value is -1.74. The van der Waals surface area contributed by atoms with Crippen LogP contribution >= 0.6 is 0 Å². The van der Waals surface area contributed by atoms with Crippen molar-refractivity contribution in [1.29, 1.82) is 0 Å². The maximum absolute atomic E-state index is 11.3. The van der Waals surface area contributed by atoms with E-state index in [1.54, 1.807) is 6.92 Å². The van der Waals surface area contributed by atoms with E-state index in [1.165, 1.54) is 0 Å². The molecule has 0 aliphatic heterocycles. The molecule has 0 fully saturated rings. The number of nitrogens with one attached hydrogen (secondary N) is 2. The summed E-state index contributed by atoms with van der Waals surface area (Å²) in [7, 11) is 0. The van der Waals surface area contributed by atoms with E-state index in [2.05, 4.69) is 16.6 Å². The lowest BCUT2D eigenvalue weighted by atomic mass is 10.2. The molecular formula is C12H20N2O4. The molecule has 0 aromatic rings. The highest BCUT2D eigenvalue weighted by Crippen LogP contribution is 1.97. The first-order valence-electron chi connectivity index (χ1n) is 5.88. The van der Waals surface area contributed by atoms with Gasteiger partial charge in [0.25, 0.3) is 0 Å². The fourth-order valence-electron chi connectivity index (χ4n) is 1.28. The van der Waals surface area contributed by atoms with Gasteiger partial charge in [0.05, 0.1) is 12.5 Å². The number of carbonyl (C=O) groups is 2. The first-order chi connectivity index (χ1) is 8.60. The number of hydrogen-bond donors (Lipinski definition) is 3. The third-order valence-electron chi connectivity index (χ3n) is 2.08. The third kappa shape index (κ3) is 9.48. The van der Waals surface area contributed by atoms with Crippen molar-refractivity contribution in [2.24, 2.45) is 0 Å². The number of carboxylic acids is 1. The lowest BCUT2D eigenvalue weighted by Gasteiger charge is -2.15. The van der Waals surface area contributed by atoms with E-state index >= 15 is 0 Å². The predicted octanol–water partition coefficient (Wildman–Crippen LogP) is 0.579. The van der Waals surface area contributed by atoms with E-state index in [0.717, 1.165) is 0 Å². The van der Waals surface area contributed by atoms with Crippen LogP contribution in [-0.2, 0) is 9.53 Å². The van der Waals surface area contributed by atoms with Gasteiger partial charge in [-0.05, 0) is 13.3 Å². The fourth-order valence-corrected chi connectivity index (χ4v) is 1.28. The highest BCUT2D eigenvalue weighted by atomic mass is 16.5. The molecule has 0 aliphatic carbocycles. The minimum atomic E-state index is -0.954. The summed E-state index contributed by atoms with van der Waals surface area (Å²) >= 11 is 0. The summed E-state index contributed by atoms with van der Waals surface area (Å²) in [6.45, 7) is 2.84. The third-order valence-corrected chi connectivity index (χ3v) is 2.08. The highest BCUT2D eigenvalue weighted by Gasteiger charge is 2.14. The first-order valence-corrected chi connectivity index (χ1v) is 5.88. The van der Waals surface area contributed by atoms with Gasteiger partial charge in [-0.2, -0.15) is 0 Å². The topological polar surface area (TPSA) is 87.7 Å². The van der Waals surface area contributed by atoms with Gasteiger partial charge in [0.2, 0.25) is 0 Å². The Morgan fingerprint density at radius 1 is 1.44 bits per heavy atom.